The molecule has 0 heterocycles. The first-order valence-electron chi connectivity index (χ1n) is 32.7. The first kappa shape index (κ1) is 69.6. The third-order valence-corrected chi connectivity index (χ3v) is 15.4. The average Bonchev–Trinajstić information content (AvgIpc) is 3.37. The Bertz CT molecular complexity index is 1080. The largest absolute Gasteiger partial charge is 0.394 e. The van der Waals surface area contributed by atoms with Crippen molar-refractivity contribution in [3.8, 4) is 0 Å². The smallest absolute Gasteiger partial charge is 0.220 e. The molecule has 0 aromatic rings. The molecule has 0 aliphatic rings. The number of carbonyl (C=O) groups excluding carboxylic acids is 1. The van der Waals surface area contributed by atoms with Gasteiger partial charge in [-0.25, -0.2) is 0 Å². The Kier molecular flexibility index (Phi) is 61.7. The van der Waals surface area contributed by atoms with E-state index in [1.165, 1.54) is 308 Å². The molecule has 1 amide bonds. The van der Waals surface area contributed by atoms with Crippen molar-refractivity contribution in [1.82, 2.24) is 5.32 Å². The highest BCUT2D eigenvalue weighted by Crippen LogP contribution is 2.19. The highest BCUT2D eigenvalue weighted by atomic mass is 16.3. The van der Waals surface area contributed by atoms with Gasteiger partial charge in [-0.2, -0.15) is 0 Å². The summed E-state index contributed by atoms with van der Waals surface area (Å²) in [5.74, 6) is -0.0704. The number of carbonyl (C=O) groups is 1. The van der Waals surface area contributed by atoms with E-state index < -0.39 is 12.1 Å². The van der Waals surface area contributed by atoms with Crippen molar-refractivity contribution in [2.24, 2.45) is 0 Å². The minimum Gasteiger partial charge on any atom is -0.394 e. The van der Waals surface area contributed by atoms with E-state index in [0.29, 0.717) is 6.42 Å². The second-order valence-electron chi connectivity index (χ2n) is 22.5. The minimum absolute atomic E-state index is 0.0704. The lowest BCUT2D eigenvalue weighted by Crippen LogP contribution is -2.45. The van der Waals surface area contributed by atoms with Crippen LogP contribution in [0.2, 0.25) is 0 Å². The predicted octanol–water partition coefficient (Wildman–Crippen LogP) is 22.0. The number of nitrogens with one attached hydrogen (secondary N) is 1. The fourth-order valence-electron chi connectivity index (χ4n) is 10.4. The van der Waals surface area contributed by atoms with E-state index in [1.807, 2.05) is 6.08 Å². The van der Waals surface area contributed by atoms with Gasteiger partial charge in [0.1, 0.15) is 0 Å². The number of rotatable bonds is 61. The molecule has 0 saturated heterocycles. The van der Waals surface area contributed by atoms with Crippen molar-refractivity contribution in [2.75, 3.05) is 6.61 Å². The van der Waals surface area contributed by atoms with E-state index in [0.717, 1.165) is 38.5 Å². The van der Waals surface area contributed by atoms with Crippen molar-refractivity contribution in [3.05, 3.63) is 36.5 Å². The molecule has 0 fully saturated rings. The molecular formula is C67H129NO3. The summed E-state index contributed by atoms with van der Waals surface area (Å²) in [7, 11) is 0. The van der Waals surface area contributed by atoms with Gasteiger partial charge in [-0.3, -0.25) is 4.79 Å². The maximum Gasteiger partial charge on any atom is 0.220 e. The van der Waals surface area contributed by atoms with Crippen molar-refractivity contribution in [2.45, 2.75) is 379 Å². The van der Waals surface area contributed by atoms with Gasteiger partial charge in [0, 0.05) is 6.42 Å². The molecule has 71 heavy (non-hydrogen) atoms. The number of aliphatic hydroxyl groups is 2. The Morgan fingerprint density at radius 2 is 0.549 bits per heavy atom. The van der Waals surface area contributed by atoms with Gasteiger partial charge in [-0.15, -0.1) is 0 Å². The maximum absolute atomic E-state index is 12.5. The quantitative estimate of drug-likeness (QED) is 0.0420. The van der Waals surface area contributed by atoms with E-state index in [4.69, 9.17) is 0 Å². The molecule has 0 aliphatic heterocycles. The number of unbranched alkanes of at least 4 members (excludes halogenated alkanes) is 50. The van der Waals surface area contributed by atoms with Crippen molar-refractivity contribution >= 4 is 5.91 Å². The van der Waals surface area contributed by atoms with E-state index in [1.54, 1.807) is 6.08 Å². The topological polar surface area (TPSA) is 69.6 Å². The normalized spacial score (nSPS) is 12.9. The molecule has 4 heteroatoms. The Morgan fingerprint density at radius 1 is 0.324 bits per heavy atom. The Balaban J connectivity index is 3.44. The molecule has 0 aromatic carbocycles. The number of hydrogen-bond acceptors (Lipinski definition) is 3. The summed E-state index contributed by atoms with van der Waals surface area (Å²) >= 11 is 0. The first-order chi connectivity index (χ1) is 35.2. The van der Waals surface area contributed by atoms with Crippen LogP contribution in [-0.4, -0.2) is 34.9 Å². The second-order valence-corrected chi connectivity index (χ2v) is 22.5. The zero-order valence-electron chi connectivity index (χ0n) is 48.5. The van der Waals surface area contributed by atoms with Crippen LogP contribution in [0.3, 0.4) is 0 Å². The summed E-state index contributed by atoms with van der Waals surface area (Å²) in [4.78, 5) is 12.5. The molecule has 0 aromatic heterocycles. The zero-order chi connectivity index (χ0) is 51.3. The van der Waals surface area contributed by atoms with Crippen LogP contribution in [0.5, 0.6) is 0 Å². The van der Waals surface area contributed by atoms with Crippen LogP contribution in [-0.2, 0) is 4.79 Å². The molecule has 0 spiro atoms. The first-order valence-corrected chi connectivity index (χ1v) is 32.7. The minimum atomic E-state index is -0.870. The lowest BCUT2D eigenvalue weighted by Gasteiger charge is -2.19. The van der Waals surface area contributed by atoms with Crippen LogP contribution < -0.4 is 5.32 Å². The Labute approximate surface area is 446 Å². The van der Waals surface area contributed by atoms with Crippen LogP contribution >= 0.6 is 0 Å². The highest BCUT2D eigenvalue weighted by molar-refractivity contribution is 5.76. The van der Waals surface area contributed by atoms with E-state index >= 15 is 0 Å². The van der Waals surface area contributed by atoms with Gasteiger partial charge in [0.15, 0.2) is 0 Å². The molecule has 4 nitrogen and oxygen atoms in total. The zero-order valence-corrected chi connectivity index (χ0v) is 48.5. The van der Waals surface area contributed by atoms with E-state index in [9.17, 15) is 15.0 Å². The van der Waals surface area contributed by atoms with Gasteiger partial charge in [0.25, 0.3) is 0 Å². The summed E-state index contributed by atoms with van der Waals surface area (Å²) in [5.41, 5.74) is 0. The molecule has 420 valence electrons. The van der Waals surface area contributed by atoms with Crippen LogP contribution in [0, 0.1) is 0 Å². The third-order valence-electron chi connectivity index (χ3n) is 15.4. The summed E-state index contributed by atoms with van der Waals surface area (Å²) in [5, 5.41) is 23.2. The second kappa shape index (κ2) is 62.9. The molecule has 0 rings (SSSR count). The van der Waals surface area contributed by atoms with Gasteiger partial charge in [-0.05, 0) is 44.9 Å². The monoisotopic (exact) mass is 996 g/mol. The van der Waals surface area contributed by atoms with E-state index in [-0.39, 0.29) is 12.5 Å². The van der Waals surface area contributed by atoms with Crippen LogP contribution in [0.1, 0.15) is 367 Å². The van der Waals surface area contributed by atoms with Crippen molar-refractivity contribution < 1.29 is 15.0 Å². The average molecular weight is 997 g/mol. The van der Waals surface area contributed by atoms with Crippen LogP contribution in [0.15, 0.2) is 36.5 Å². The molecule has 2 unspecified atom stereocenters. The van der Waals surface area contributed by atoms with Crippen molar-refractivity contribution in [1.29, 1.82) is 0 Å². The molecule has 2 atom stereocenters. The third kappa shape index (κ3) is 59.4. The van der Waals surface area contributed by atoms with E-state index in [2.05, 4.69) is 43.5 Å². The number of allylic oxidation sites excluding steroid dienone is 5. The maximum atomic E-state index is 12.5. The predicted molar refractivity (Wildman–Crippen MR) is 318 cm³/mol. The fraction of sp³-hybridized carbons (Fsp3) is 0.896. The summed E-state index contributed by atoms with van der Waals surface area (Å²) in [6, 6.07) is -0.645. The highest BCUT2D eigenvalue weighted by Gasteiger charge is 2.18. The number of aliphatic hydroxyl groups excluding tert-OH is 2. The van der Waals surface area contributed by atoms with Gasteiger partial charge in [0.05, 0.1) is 18.8 Å². The molecule has 0 bridgehead atoms. The molecule has 0 saturated carbocycles. The van der Waals surface area contributed by atoms with Gasteiger partial charge in [-0.1, -0.05) is 352 Å². The summed E-state index contributed by atoms with van der Waals surface area (Å²) in [6.45, 7) is 4.34. The molecule has 3 N–H and O–H groups in total. The number of amides is 1. The van der Waals surface area contributed by atoms with Gasteiger partial charge < -0.3 is 15.5 Å². The molecule has 0 radical (unpaired) electrons. The lowest BCUT2D eigenvalue weighted by molar-refractivity contribution is -0.123. The fourth-order valence-corrected chi connectivity index (χ4v) is 10.4. The van der Waals surface area contributed by atoms with Gasteiger partial charge >= 0.3 is 0 Å². The standard InChI is InChI=1S/C67H129NO3/c1-3-5-7-9-11-13-15-17-19-21-23-25-27-28-29-30-31-32-33-34-35-36-37-38-39-41-43-45-47-49-51-53-55-57-59-61-63-67(71)68-65(64-69)66(70)62-60-58-56-54-52-50-48-46-44-42-40-26-24-22-20-18-16-14-12-10-8-6-4-2/h44,46,52,54,60,62,65-66,69-70H,3-43,45,47-51,53,55-59,61,63-64H2,1-2H3,(H,68,71)/b46-44+,54-52+,62-60+. The summed E-state index contributed by atoms with van der Waals surface area (Å²) < 4.78 is 0. The lowest BCUT2D eigenvalue weighted by atomic mass is 10.0. The van der Waals surface area contributed by atoms with Gasteiger partial charge in [0.2, 0.25) is 5.91 Å². The molecule has 0 aliphatic carbocycles. The summed E-state index contributed by atoms with van der Waals surface area (Å²) in [6.07, 6.45) is 86.5. The molecular weight excluding hydrogens is 867 g/mol. The number of hydrogen-bond donors (Lipinski definition) is 3. The van der Waals surface area contributed by atoms with Crippen LogP contribution in [0.25, 0.3) is 0 Å². The Morgan fingerprint density at radius 3 is 0.817 bits per heavy atom. The van der Waals surface area contributed by atoms with Crippen molar-refractivity contribution in [3.63, 3.8) is 0 Å². The van der Waals surface area contributed by atoms with Crippen LogP contribution in [0.4, 0.5) is 0 Å². The SMILES string of the molecule is CCCCCCCCCCCCCCC/C=C/CC/C=C/CC/C=C/C(O)C(CO)NC(=O)CCCCCCCCCCCCCCCCCCCCCCCCCCCCCCCCCCCCCC. The Hall–Kier alpha value is -1.39.